The van der Waals surface area contributed by atoms with E-state index in [1.54, 1.807) is 18.2 Å². The van der Waals surface area contributed by atoms with Gasteiger partial charge in [-0.15, -0.1) is 0 Å². The topological polar surface area (TPSA) is 93.5 Å². The molecule has 0 aromatic heterocycles. The highest BCUT2D eigenvalue weighted by atomic mass is 16.5. The summed E-state index contributed by atoms with van der Waals surface area (Å²) in [7, 11) is 0. The van der Waals surface area contributed by atoms with Crippen LogP contribution in [0, 0.1) is 5.92 Å². The van der Waals surface area contributed by atoms with Gasteiger partial charge in [-0.25, -0.2) is 0 Å². The van der Waals surface area contributed by atoms with Crippen LogP contribution in [-0.4, -0.2) is 24.5 Å². The average Bonchev–Trinajstić information content (AvgIpc) is 2.85. The van der Waals surface area contributed by atoms with Gasteiger partial charge in [-0.05, 0) is 37.5 Å². The predicted molar refractivity (Wildman–Crippen MR) is 74.5 cm³/mol. The molecule has 0 spiro atoms. The minimum absolute atomic E-state index is 0.0130. The zero-order valence-corrected chi connectivity index (χ0v) is 11.0. The van der Waals surface area contributed by atoms with E-state index in [1.807, 2.05) is 0 Å². The highest BCUT2D eigenvalue weighted by molar-refractivity contribution is 5.98. The molecule has 2 atom stereocenters. The third kappa shape index (κ3) is 2.60. The van der Waals surface area contributed by atoms with Gasteiger partial charge in [0.15, 0.2) is 6.61 Å². The third-order valence-electron chi connectivity index (χ3n) is 3.72. The first-order valence-corrected chi connectivity index (χ1v) is 6.75. The van der Waals surface area contributed by atoms with Gasteiger partial charge in [0, 0.05) is 17.6 Å². The summed E-state index contributed by atoms with van der Waals surface area (Å²) >= 11 is 0. The average molecular weight is 275 g/mol. The van der Waals surface area contributed by atoms with E-state index >= 15 is 0 Å². The molecule has 20 heavy (non-hydrogen) atoms. The summed E-state index contributed by atoms with van der Waals surface area (Å²) in [4.78, 5) is 23.4. The lowest BCUT2D eigenvalue weighted by Crippen LogP contribution is -2.26. The van der Waals surface area contributed by atoms with E-state index in [-0.39, 0.29) is 30.4 Å². The molecule has 3 rings (SSSR count). The Morgan fingerprint density at radius 1 is 1.40 bits per heavy atom. The van der Waals surface area contributed by atoms with Crippen molar-refractivity contribution in [1.29, 1.82) is 0 Å². The van der Waals surface area contributed by atoms with Crippen molar-refractivity contribution in [3.63, 3.8) is 0 Å². The van der Waals surface area contributed by atoms with Crippen LogP contribution in [0.1, 0.15) is 19.3 Å². The number of rotatable bonds is 2. The van der Waals surface area contributed by atoms with Crippen LogP contribution in [0.5, 0.6) is 5.75 Å². The Morgan fingerprint density at radius 3 is 3.00 bits per heavy atom. The zero-order valence-electron chi connectivity index (χ0n) is 11.0. The molecule has 4 N–H and O–H groups in total. The minimum Gasteiger partial charge on any atom is -0.482 e. The maximum absolute atomic E-state index is 12.1. The summed E-state index contributed by atoms with van der Waals surface area (Å²) in [6.07, 6.45) is 2.46. The molecule has 6 heteroatoms. The standard InChI is InChI=1S/C14H17N3O3/c15-9-2-1-8(5-9)14(19)16-10-3-4-12-11(6-10)17-13(18)7-20-12/h3-4,6,8-9H,1-2,5,7,15H2,(H,16,19)(H,17,18). The van der Waals surface area contributed by atoms with Crippen molar-refractivity contribution >= 4 is 23.2 Å². The fourth-order valence-electron chi connectivity index (χ4n) is 2.66. The van der Waals surface area contributed by atoms with Crippen molar-refractivity contribution in [1.82, 2.24) is 0 Å². The van der Waals surface area contributed by atoms with E-state index in [0.29, 0.717) is 17.1 Å². The molecular formula is C14H17N3O3. The SMILES string of the molecule is NC1CCC(C(=O)Nc2ccc3c(c2)NC(=O)CO3)C1. The Labute approximate surface area is 116 Å². The zero-order chi connectivity index (χ0) is 14.1. The summed E-state index contributed by atoms with van der Waals surface area (Å²) in [5.41, 5.74) is 7.06. The highest BCUT2D eigenvalue weighted by Gasteiger charge is 2.28. The number of amides is 2. The fraction of sp³-hybridized carbons (Fsp3) is 0.429. The lowest BCUT2D eigenvalue weighted by molar-refractivity contribution is -0.120. The first kappa shape index (κ1) is 12.9. The summed E-state index contributed by atoms with van der Waals surface area (Å²) in [5.74, 6) is 0.390. The number of benzene rings is 1. The monoisotopic (exact) mass is 275 g/mol. The number of hydrogen-bond acceptors (Lipinski definition) is 4. The third-order valence-corrected chi connectivity index (χ3v) is 3.72. The minimum atomic E-state index is -0.192. The van der Waals surface area contributed by atoms with Crippen LogP contribution in [0.15, 0.2) is 18.2 Å². The second kappa shape index (κ2) is 5.13. The second-order valence-corrected chi connectivity index (χ2v) is 5.31. The Balaban J connectivity index is 1.70. The van der Waals surface area contributed by atoms with Gasteiger partial charge in [0.1, 0.15) is 5.75 Å². The normalized spacial score (nSPS) is 24.6. The predicted octanol–water partition coefficient (Wildman–Crippen LogP) is 1.08. The van der Waals surface area contributed by atoms with Gasteiger partial charge < -0.3 is 21.1 Å². The number of fused-ring (bicyclic) bond motifs is 1. The number of ether oxygens (including phenoxy) is 1. The van der Waals surface area contributed by atoms with Gasteiger partial charge in [0.2, 0.25) is 5.91 Å². The van der Waals surface area contributed by atoms with Crippen molar-refractivity contribution in [2.75, 3.05) is 17.2 Å². The van der Waals surface area contributed by atoms with Crippen LogP contribution in [0.4, 0.5) is 11.4 Å². The summed E-state index contributed by atoms with van der Waals surface area (Å²) in [5, 5.41) is 5.58. The summed E-state index contributed by atoms with van der Waals surface area (Å²) < 4.78 is 5.27. The number of nitrogens with two attached hydrogens (primary N) is 1. The van der Waals surface area contributed by atoms with Gasteiger partial charge in [-0.3, -0.25) is 9.59 Å². The molecule has 1 fully saturated rings. The van der Waals surface area contributed by atoms with Crippen LogP contribution in [0.3, 0.4) is 0 Å². The molecule has 0 saturated heterocycles. The molecule has 1 aromatic carbocycles. The van der Waals surface area contributed by atoms with Gasteiger partial charge in [-0.1, -0.05) is 0 Å². The second-order valence-electron chi connectivity index (χ2n) is 5.31. The number of carbonyl (C=O) groups excluding carboxylic acids is 2. The van der Waals surface area contributed by atoms with Crippen LogP contribution in [0.25, 0.3) is 0 Å². The van der Waals surface area contributed by atoms with Crippen LogP contribution in [0.2, 0.25) is 0 Å². The van der Waals surface area contributed by atoms with Crippen molar-refractivity contribution in [3.05, 3.63) is 18.2 Å². The molecular weight excluding hydrogens is 258 g/mol. The molecule has 2 aliphatic rings. The lowest BCUT2D eigenvalue weighted by Gasteiger charge is -2.19. The van der Waals surface area contributed by atoms with Crippen LogP contribution >= 0.6 is 0 Å². The number of carbonyl (C=O) groups is 2. The number of hydrogen-bond donors (Lipinski definition) is 3. The van der Waals surface area contributed by atoms with Crippen molar-refractivity contribution < 1.29 is 14.3 Å². The van der Waals surface area contributed by atoms with Gasteiger partial charge >= 0.3 is 0 Å². The van der Waals surface area contributed by atoms with E-state index in [9.17, 15) is 9.59 Å². The van der Waals surface area contributed by atoms with Crippen LogP contribution < -0.4 is 21.1 Å². The summed E-state index contributed by atoms with van der Waals surface area (Å²) in [6.45, 7) is 0.0265. The maximum Gasteiger partial charge on any atom is 0.262 e. The highest BCUT2D eigenvalue weighted by Crippen LogP contribution is 2.31. The Morgan fingerprint density at radius 2 is 2.25 bits per heavy atom. The van der Waals surface area contributed by atoms with Crippen LogP contribution in [-0.2, 0) is 9.59 Å². The smallest absolute Gasteiger partial charge is 0.262 e. The molecule has 2 unspecified atom stereocenters. The number of nitrogens with one attached hydrogen (secondary N) is 2. The molecule has 0 bridgehead atoms. The van der Waals surface area contributed by atoms with Gasteiger partial charge in [0.05, 0.1) is 5.69 Å². The maximum atomic E-state index is 12.1. The molecule has 1 aliphatic heterocycles. The molecule has 1 saturated carbocycles. The lowest BCUT2D eigenvalue weighted by atomic mass is 10.1. The largest absolute Gasteiger partial charge is 0.482 e. The number of anilines is 2. The van der Waals surface area contributed by atoms with E-state index in [2.05, 4.69) is 10.6 Å². The van der Waals surface area contributed by atoms with E-state index in [4.69, 9.17) is 10.5 Å². The van der Waals surface area contributed by atoms with Crippen molar-refractivity contribution in [2.24, 2.45) is 11.7 Å². The molecule has 6 nitrogen and oxygen atoms in total. The summed E-state index contributed by atoms with van der Waals surface area (Å²) in [6, 6.07) is 5.34. The van der Waals surface area contributed by atoms with Gasteiger partial charge in [0.25, 0.3) is 5.91 Å². The molecule has 1 aliphatic carbocycles. The van der Waals surface area contributed by atoms with E-state index < -0.39 is 0 Å². The van der Waals surface area contributed by atoms with Gasteiger partial charge in [-0.2, -0.15) is 0 Å². The Kier molecular flexibility index (Phi) is 3.31. The first-order chi connectivity index (χ1) is 9.61. The van der Waals surface area contributed by atoms with E-state index in [1.165, 1.54) is 0 Å². The molecule has 1 aromatic rings. The Bertz CT molecular complexity index is 559. The van der Waals surface area contributed by atoms with Crippen molar-refractivity contribution in [3.8, 4) is 5.75 Å². The fourth-order valence-corrected chi connectivity index (χ4v) is 2.66. The molecule has 106 valence electrons. The molecule has 2 amide bonds. The first-order valence-electron chi connectivity index (χ1n) is 6.75. The quantitative estimate of drug-likeness (QED) is 0.753. The molecule has 1 heterocycles. The molecule has 0 radical (unpaired) electrons. The van der Waals surface area contributed by atoms with Crippen molar-refractivity contribution in [2.45, 2.75) is 25.3 Å². The Hall–Kier alpha value is -2.08. The van der Waals surface area contributed by atoms with E-state index in [0.717, 1.165) is 19.3 Å².